The Labute approximate surface area is 122 Å². The zero-order valence-corrected chi connectivity index (χ0v) is 12.0. The van der Waals surface area contributed by atoms with Crippen LogP contribution in [0.3, 0.4) is 0 Å². The minimum Gasteiger partial charge on any atom is -0.380 e. The first kappa shape index (κ1) is 14.7. The number of para-hydroxylation sites is 1. The molecule has 0 saturated carbocycles. The van der Waals surface area contributed by atoms with E-state index in [0.717, 1.165) is 11.4 Å². The lowest BCUT2D eigenvalue weighted by Gasteiger charge is -2.10. The molecule has 0 spiro atoms. The van der Waals surface area contributed by atoms with Gasteiger partial charge in [0, 0.05) is 12.7 Å². The summed E-state index contributed by atoms with van der Waals surface area (Å²) in [6.45, 7) is 4.75. The Bertz CT molecular complexity index is 628. The maximum absolute atomic E-state index is 11.3. The Morgan fingerprint density at radius 3 is 2.48 bits per heavy atom. The number of hydrogen-bond donors (Lipinski definition) is 2. The fraction of sp³-hybridized carbons (Fsp3) is 0.286. The van der Waals surface area contributed by atoms with Crippen LogP contribution in [0, 0.1) is 17.0 Å². The molecular weight excluding hydrogens is 270 g/mol. The molecule has 2 aromatic rings. The number of benzene rings is 1. The molecule has 0 aliphatic carbocycles. The molecule has 0 bridgehead atoms. The first-order chi connectivity index (χ1) is 10.1. The van der Waals surface area contributed by atoms with Crippen molar-refractivity contribution >= 4 is 17.1 Å². The number of nitro groups is 1. The molecule has 1 aromatic heterocycles. The SMILES string of the molecule is CCNc1cccc(NCc2cnc(C)cn2)c1[N+](=O)[O-]. The highest BCUT2D eigenvalue weighted by Gasteiger charge is 2.19. The van der Waals surface area contributed by atoms with E-state index in [-0.39, 0.29) is 10.6 Å². The highest BCUT2D eigenvalue weighted by molar-refractivity contribution is 5.76. The quantitative estimate of drug-likeness (QED) is 0.627. The normalized spacial score (nSPS) is 10.2. The van der Waals surface area contributed by atoms with Gasteiger partial charge in [-0.3, -0.25) is 20.1 Å². The smallest absolute Gasteiger partial charge is 0.315 e. The molecule has 1 heterocycles. The van der Waals surface area contributed by atoms with E-state index in [9.17, 15) is 10.1 Å². The number of rotatable bonds is 6. The molecule has 0 radical (unpaired) electrons. The summed E-state index contributed by atoms with van der Waals surface area (Å²) in [6.07, 6.45) is 3.32. The van der Waals surface area contributed by atoms with Crippen molar-refractivity contribution in [3.63, 3.8) is 0 Å². The average Bonchev–Trinajstić information content (AvgIpc) is 2.47. The van der Waals surface area contributed by atoms with Gasteiger partial charge in [0.1, 0.15) is 11.4 Å². The van der Waals surface area contributed by atoms with Crippen molar-refractivity contribution in [2.45, 2.75) is 20.4 Å². The second kappa shape index (κ2) is 6.65. The number of nitro benzene ring substituents is 1. The van der Waals surface area contributed by atoms with E-state index in [0.29, 0.717) is 24.5 Å². The van der Waals surface area contributed by atoms with Crippen LogP contribution in [0.25, 0.3) is 0 Å². The van der Waals surface area contributed by atoms with Gasteiger partial charge < -0.3 is 10.6 Å². The van der Waals surface area contributed by atoms with E-state index >= 15 is 0 Å². The fourth-order valence-electron chi connectivity index (χ4n) is 1.91. The lowest BCUT2D eigenvalue weighted by Crippen LogP contribution is -2.07. The number of aryl methyl sites for hydroxylation is 1. The van der Waals surface area contributed by atoms with E-state index in [1.807, 2.05) is 13.8 Å². The molecule has 0 unspecified atom stereocenters. The number of anilines is 2. The Morgan fingerprint density at radius 2 is 1.90 bits per heavy atom. The predicted molar refractivity (Wildman–Crippen MR) is 81.4 cm³/mol. The minimum atomic E-state index is -0.388. The molecule has 21 heavy (non-hydrogen) atoms. The van der Waals surface area contributed by atoms with E-state index in [1.54, 1.807) is 30.6 Å². The molecule has 0 aliphatic heterocycles. The van der Waals surface area contributed by atoms with Gasteiger partial charge >= 0.3 is 5.69 Å². The van der Waals surface area contributed by atoms with Crippen molar-refractivity contribution in [3.05, 3.63) is 52.1 Å². The van der Waals surface area contributed by atoms with Gasteiger partial charge in [-0.25, -0.2) is 0 Å². The molecule has 2 rings (SSSR count). The Balaban J connectivity index is 2.21. The predicted octanol–water partition coefficient (Wildman–Crippen LogP) is 2.74. The van der Waals surface area contributed by atoms with Crippen LogP contribution in [0.1, 0.15) is 18.3 Å². The van der Waals surface area contributed by atoms with Crippen molar-refractivity contribution in [2.75, 3.05) is 17.2 Å². The van der Waals surface area contributed by atoms with Crippen LogP contribution < -0.4 is 10.6 Å². The van der Waals surface area contributed by atoms with Crippen LogP contribution in [0.4, 0.5) is 17.1 Å². The molecule has 0 atom stereocenters. The number of hydrogen-bond acceptors (Lipinski definition) is 6. The second-order valence-electron chi connectivity index (χ2n) is 4.49. The summed E-state index contributed by atoms with van der Waals surface area (Å²) in [5.41, 5.74) is 2.56. The van der Waals surface area contributed by atoms with E-state index in [4.69, 9.17) is 0 Å². The van der Waals surface area contributed by atoms with Crippen molar-refractivity contribution < 1.29 is 4.92 Å². The van der Waals surface area contributed by atoms with Crippen molar-refractivity contribution in [2.24, 2.45) is 0 Å². The van der Waals surface area contributed by atoms with Gasteiger partial charge in [0.05, 0.1) is 29.1 Å². The summed E-state index contributed by atoms with van der Waals surface area (Å²) < 4.78 is 0. The monoisotopic (exact) mass is 287 g/mol. The van der Waals surface area contributed by atoms with Crippen molar-refractivity contribution in [1.29, 1.82) is 0 Å². The van der Waals surface area contributed by atoms with Gasteiger partial charge in [-0.05, 0) is 26.0 Å². The summed E-state index contributed by atoms with van der Waals surface area (Å²) in [7, 11) is 0. The Kier molecular flexibility index (Phi) is 4.65. The maximum Gasteiger partial charge on any atom is 0.315 e. The zero-order valence-electron chi connectivity index (χ0n) is 12.0. The third-order valence-electron chi connectivity index (χ3n) is 2.88. The lowest BCUT2D eigenvalue weighted by atomic mass is 10.2. The molecule has 110 valence electrons. The number of nitrogens with one attached hydrogen (secondary N) is 2. The summed E-state index contributed by atoms with van der Waals surface area (Å²) >= 11 is 0. The highest BCUT2D eigenvalue weighted by atomic mass is 16.6. The fourth-order valence-corrected chi connectivity index (χ4v) is 1.91. The van der Waals surface area contributed by atoms with Gasteiger partial charge in [-0.1, -0.05) is 6.07 Å². The Morgan fingerprint density at radius 1 is 1.19 bits per heavy atom. The third kappa shape index (κ3) is 3.65. The van der Waals surface area contributed by atoms with Crippen LogP contribution in [0.2, 0.25) is 0 Å². The third-order valence-corrected chi connectivity index (χ3v) is 2.88. The van der Waals surface area contributed by atoms with E-state index in [1.165, 1.54) is 0 Å². The lowest BCUT2D eigenvalue weighted by molar-refractivity contribution is -0.383. The van der Waals surface area contributed by atoms with E-state index in [2.05, 4.69) is 20.6 Å². The summed E-state index contributed by atoms with van der Waals surface area (Å²) in [5.74, 6) is 0. The van der Waals surface area contributed by atoms with Gasteiger partial charge in [0.2, 0.25) is 0 Å². The van der Waals surface area contributed by atoms with Gasteiger partial charge in [-0.15, -0.1) is 0 Å². The molecule has 0 saturated heterocycles. The van der Waals surface area contributed by atoms with Crippen molar-refractivity contribution in [1.82, 2.24) is 9.97 Å². The number of nitrogens with zero attached hydrogens (tertiary/aromatic N) is 3. The standard InChI is InChI=1S/C14H17N5O2/c1-3-15-12-5-4-6-13(14(12)19(20)21)18-9-11-8-16-10(2)7-17-11/h4-8,15,18H,3,9H2,1-2H3. The summed E-state index contributed by atoms with van der Waals surface area (Å²) in [4.78, 5) is 19.2. The molecule has 0 fully saturated rings. The van der Waals surface area contributed by atoms with Gasteiger partial charge in [0.15, 0.2) is 0 Å². The molecule has 0 aliphatic rings. The first-order valence-electron chi connectivity index (χ1n) is 6.64. The van der Waals surface area contributed by atoms with Crippen LogP contribution in [0.5, 0.6) is 0 Å². The second-order valence-corrected chi connectivity index (χ2v) is 4.49. The molecule has 2 N–H and O–H groups in total. The summed E-state index contributed by atoms with van der Waals surface area (Å²) in [6, 6.07) is 5.15. The van der Waals surface area contributed by atoms with Crippen LogP contribution in [-0.4, -0.2) is 21.4 Å². The number of aromatic nitrogens is 2. The van der Waals surface area contributed by atoms with Crippen LogP contribution >= 0.6 is 0 Å². The molecule has 1 aromatic carbocycles. The molecule has 7 heteroatoms. The summed E-state index contributed by atoms with van der Waals surface area (Å²) in [5, 5.41) is 17.3. The molecule has 7 nitrogen and oxygen atoms in total. The highest BCUT2D eigenvalue weighted by Crippen LogP contribution is 2.32. The van der Waals surface area contributed by atoms with Gasteiger partial charge in [0.25, 0.3) is 0 Å². The first-order valence-corrected chi connectivity index (χ1v) is 6.64. The van der Waals surface area contributed by atoms with E-state index < -0.39 is 0 Å². The minimum absolute atomic E-state index is 0.0411. The largest absolute Gasteiger partial charge is 0.380 e. The topological polar surface area (TPSA) is 93.0 Å². The van der Waals surface area contributed by atoms with Crippen molar-refractivity contribution in [3.8, 4) is 0 Å². The maximum atomic E-state index is 11.3. The molecular formula is C14H17N5O2. The Hall–Kier alpha value is -2.70. The van der Waals surface area contributed by atoms with Crippen LogP contribution in [-0.2, 0) is 6.54 Å². The zero-order chi connectivity index (χ0) is 15.2. The average molecular weight is 287 g/mol. The van der Waals surface area contributed by atoms with Crippen LogP contribution in [0.15, 0.2) is 30.6 Å². The van der Waals surface area contributed by atoms with Gasteiger partial charge in [-0.2, -0.15) is 0 Å². The molecule has 0 amide bonds.